The molecule has 3 N–H and O–H groups in total. The van der Waals surface area contributed by atoms with E-state index >= 15 is 0 Å². The molecule has 7 heteroatoms. The third-order valence-corrected chi connectivity index (χ3v) is 4.56. The monoisotopic (exact) mass is 285 g/mol. The molecule has 19 heavy (non-hydrogen) atoms. The highest BCUT2D eigenvalue weighted by atomic mass is 32.2. The molecular weight excluding hydrogens is 266 g/mol. The van der Waals surface area contributed by atoms with E-state index in [-0.39, 0.29) is 4.90 Å². The second-order valence-electron chi connectivity index (χ2n) is 4.50. The van der Waals surface area contributed by atoms with Gasteiger partial charge in [-0.1, -0.05) is 12.1 Å². The van der Waals surface area contributed by atoms with Crippen LogP contribution in [0.15, 0.2) is 23.1 Å². The Morgan fingerprint density at radius 2 is 2.05 bits per heavy atom. The zero-order valence-electron chi connectivity index (χ0n) is 10.9. The standard InChI is InChI=1S/C12H19N3O3S/c1-10-2-3-11(9-13)8-12(10)19(16,17)14-15-4-6-18-7-5-15/h2-3,8,14H,4-7,9,13H2,1H3. The van der Waals surface area contributed by atoms with Gasteiger partial charge in [-0.3, -0.25) is 0 Å². The summed E-state index contributed by atoms with van der Waals surface area (Å²) in [7, 11) is -3.56. The molecule has 0 atom stereocenters. The van der Waals surface area contributed by atoms with Crippen LogP contribution in [0.3, 0.4) is 0 Å². The summed E-state index contributed by atoms with van der Waals surface area (Å²) < 4.78 is 29.9. The van der Waals surface area contributed by atoms with Gasteiger partial charge in [-0.25, -0.2) is 13.4 Å². The minimum atomic E-state index is -3.56. The number of benzene rings is 1. The molecule has 0 radical (unpaired) electrons. The molecule has 106 valence electrons. The summed E-state index contributed by atoms with van der Waals surface area (Å²) in [5.74, 6) is 0. The van der Waals surface area contributed by atoms with Crippen molar-refractivity contribution in [2.75, 3.05) is 26.3 Å². The molecule has 1 aliphatic heterocycles. The van der Waals surface area contributed by atoms with E-state index in [9.17, 15) is 8.42 Å². The van der Waals surface area contributed by atoms with Gasteiger partial charge in [0.2, 0.25) is 0 Å². The molecule has 0 bridgehead atoms. The number of morpholine rings is 1. The molecule has 2 rings (SSSR count). The van der Waals surface area contributed by atoms with Crippen molar-refractivity contribution in [1.82, 2.24) is 9.84 Å². The SMILES string of the molecule is Cc1ccc(CN)cc1S(=O)(=O)NN1CCOCC1. The number of hydrazine groups is 1. The van der Waals surface area contributed by atoms with Crippen LogP contribution in [0.25, 0.3) is 0 Å². The predicted molar refractivity (Wildman–Crippen MR) is 71.8 cm³/mol. The van der Waals surface area contributed by atoms with Gasteiger partial charge < -0.3 is 10.5 Å². The lowest BCUT2D eigenvalue weighted by Gasteiger charge is -2.27. The summed E-state index contributed by atoms with van der Waals surface area (Å²) in [6.45, 7) is 4.26. The molecule has 1 aromatic carbocycles. The highest BCUT2D eigenvalue weighted by Gasteiger charge is 2.21. The highest BCUT2D eigenvalue weighted by Crippen LogP contribution is 2.17. The van der Waals surface area contributed by atoms with Crippen LogP contribution in [0.4, 0.5) is 0 Å². The molecule has 0 saturated carbocycles. The highest BCUT2D eigenvalue weighted by molar-refractivity contribution is 7.89. The van der Waals surface area contributed by atoms with Crippen molar-refractivity contribution in [3.8, 4) is 0 Å². The fourth-order valence-electron chi connectivity index (χ4n) is 1.93. The normalized spacial score (nSPS) is 17.6. The van der Waals surface area contributed by atoms with Crippen molar-refractivity contribution >= 4 is 10.0 Å². The Morgan fingerprint density at radius 3 is 2.68 bits per heavy atom. The number of aryl methyl sites for hydroxylation is 1. The van der Waals surface area contributed by atoms with Crippen LogP contribution in [-0.4, -0.2) is 39.7 Å². The van der Waals surface area contributed by atoms with E-state index in [0.29, 0.717) is 38.4 Å². The Labute approximate surface area is 113 Å². The van der Waals surface area contributed by atoms with Crippen molar-refractivity contribution in [1.29, 1.82) is 0 Å². The first-order chi connectivity index (χ1) is 9.03. The van der Waals surface area contributed by atoms with Gasteiger partial charge in [-0.05, 0) is 24.1 Å². The van der Waals surface area contributed by atoms with Crippen LogP contribution < -0.4 is 10.6 Å². The van der Waals surface area contributed by atoms with Gasteiger partial charge in [0.05, 0.1) is 18.1 Å². The van der Waals surface area contributed by atoms with Crippen LogP contribution in [-0.2, 0) is 21.3 Å². The molecular formula is C12H19N3O3S. The Hall–Kier alpha value is -0.990. The van der Waals surface area contributed by atoms with Gasteiger partial charge in [-0.2, -0.15) is 0 Å². The molecule has 0 amide bonds. The van der Waals surface area contributed by atoms with Crippen LogP contribution in [0, 0.1) is 6.92 Å². The largest absolute Gasteiger partial charge is 0.379 e. The molecule has 1 aliphatic rings. The van der Waals surface area contributed by atoms with Crippen LogP contribution in [0.5, 0.6) is 0 Å². The first-order valence-corrected chi connectivity index (χ1v) is 7.66. The van der Waals surface area contributed by atoms with E-state index in [1.54, 1.807) is 24.1 Å². The second kappa shape index (κ2) is 5.98. The average Bonchev–Trinajstić information content (AvgIpc) is 2.39. The van der Waals surface area contributed by atoms with Gasteiger partial charge in [0.15, 0.2) is 0 Å². The third-order valence-electron chi connectivity index (χ3n) is 3.04. The molecule has 1 fully saturated rings. The maximum Gasteiger partial charge on any atom is 0.253 e. The molecule has 1 heterocycles. The molecule has 0 aromatic heterocycles. The van der Waals surface area contributed by atoms with Crippen molar-refractivity contribution in [3.05, 3.63) is 29.3 Å². The molecule has 1 saturated heterocycles. The van der Waals surface area contributed by atoms with E-state index in [0.717, 1.165) is 5.56 Å². The minimum Gasteiger partial charge on any atom is -0.379 e. The van der Waals surface area contributed by atoms with Crippen LogP contribution >= 0.6 is 0 Å². The zero-order chi connectivity index (χ0) is 13.9. The topological polar surface area (TPSA) is 84.7 Å². The fraction of sp³-hybridized carbons (Fsp3) is 0.500. The predicted octanol–water partition coefficient (Wildman–Crippen LogP) is -0.0208. The summed E-state index contributed by atoms with van der Waals surface area (Å²) in [4.78, 5) is 2.87. The number of ether oxygens (including phenoxy) is 1. The van der Waals surface area contributed by atoms with E-state index in [1.807, 2.05) is 6.07 Å². The van der Waals surface area contributed by atoms with Gasteiger partial charge in [-0.15, -0.1) is 4.83 Å². The van der Waals surface area contributed by atoms with E-state index < -0.39 is 10.0 Å². The average molecular weight is 285 g/mol. The summed E-state index contributed by atoms with van der Waals surface area (Å²) in [5.41, 5.74) is 7.06. The molecule has 6 nitrogen and oxygen atoms in total. The Balaban J connectivity index is 2.23. The maximum absolute atomic E-state index is 12.4. The number of hydrogen-bond acceptors (Lipinski definition) is 5. The van der Waals surface area contributed by atoms with E-state index in [1.165, 1.54) is 0 Å². The number of sulfonamides is 1. The first kappa shape index (κ1) is 14.4. The van der Waals surface area contributed by atoms with Crippen LogP contribution in [0.1, 0.15) is 11.1 Å². The lowest BCUT2D eigenvalue weighted by atomic mass is 10.1. The zero-order valence-corrected chi connectivity index (χ0v) is 11.7. The quantitative estimate of drug-likeness (QED) is 0.812. The van der Waals surface area contributed by atoms with Crippen molar-refractivity contribution in [2.45, 2.75) is 18.4 Å². The maximum atomic E-state index is 12.4. The lowest BCUT2D eigenvalue weighted by molar-refractivity contribution is 0.0272. The smallest absolute Gasteiger partial charge is 0.253 e. The van der Waals surface area contributed by atoms with E-state index in [2.05, 4.69) is 4.83 Å². The lowest BCUT2D eigenvalue weighted by Crippen LogP contribution is -2.48. The summed E-state index contributed by atoms with van der Waals surface area (Å²) in [6, 6.07) is 5.23. The number of hydrogen-bond donors (Lipinski definition) is 2. The second-order valence-corrected chi connectivity index (χ2v) is 6.13. The van der Waals surface area contributed by atoms with Gasteiger partial charge in [0.25, 0.3) is 10.0 Å². The first-order valence-electron chi connectivity index (χ1n) is 6.17. The van der Waals surface area contributed by atoms with Crippen molar-refractivity contribution < 1.29 is 13.2 Å². The number of nitrogens with two attached hydrogens (primary N) is 1. The summed E-state index contributed by atoms with van der Waals surface area (Å²) in [5, 5.41) is 1.66. The van der Waals surface area contributed by atoms with Crippen LogP contribution in [0.2, 0.25) is 0 Å². The molecule has 0 unspecified atom stereocenters. The van der Waals surface area contributed by atoms with Gasteiger partial charge >= 0.3 is 0 Å². The number of nitrogens with zero attached hydrogens (tertiary/aromatic N) is 1. The fourth-order valence-corrected chi connectivity index (χ4v) is 3.35. The number of rotatable bonds is 4. The van der Waals surface area contributed by atoms with E-state index in [4.69, 9.17) is 10.5 Å². The van der Waals surface area contributed by atoms with Crippen molar-refractivity contribution in [2.24, 2.45) is 5.73 Å². The molecule has 1 aromatic rings. The van der Waals surface area contributed by atoms with Crippen molar-refractivity contribution in [3.63, 3.8) is 0 Å². The molecule has 0 aliphatic carbocycles. The number of nitrogens with one attached hydrogen (secondary N) is 1. The Kier molecular flexibility index (Phi) is 4.54. The summed E-state index contributed by atoms with van der Waals surface area (Å²) in [6.07, 6.45) is 0. The Bertz CT molecular complexity index is 539. The summed E-state index contributed by atoms with van der Waals surface area (Å²) >= 11 is 0. The molecule has 0 spiro atoms. The third kappa shape index (κ3) is 3.52. The Morgan fingerprint density at radius 1 is 1.37 bits per heavy atom. The van der Waals surface area contributed by atoms with Gasteiger partial charge in [0.1, 0.15) is 0 Å². The minimum absolute atomic E-state index is 0.280. The van der Waals surface area contributed by atoms with Gasteiger partial charge in [0, 0.05) is 19.6 Å².